The van der Waals surface area contributed by atoms with Gasteiger partial charge in [-0.25, -0.2) is 0 Å². The molecule has 0 saturated carbocycles. The number of hydrogen-bond donors (Lipinski definition) is 1. The number of likely N-dealkylation sites (N-methyl/N-ethyl adjacent to an activating group) is 1. The van der Waals surface area contributed by atoms with Crippen molar-refractivity contribution in [2.75, 3.05) is 12.8 Å². The molecule has 0 aromatic heterocycles. The highest BCUT2D eigenvalue weighted by Gasteiger charge is 2.25. The summed E-state index contributed by atoms with van der Waals surface area (Å²) in [5.74, 6) is 0.848. The molecular weight excluding hydrogens is 392 g/mol. The summed E-state index contributed by atoms with van der Waals surface area (Å²) in [4.78, 5) is 26.7. The molecule has 0 saturated heterocycles. The molecule has 2 amide bonds. The van der Waals surface area contributed by atoms with Crippen molar-refractivity contribution in [1.29, 1.82) is 0 Å². The van der Waals surface area contributed by atoms with E-state index in [1.807, 2.05) is 12.1 Å². The molecule has 0 heterocycles. The summed E-state index contributed by atoms with van der Waals surface area (Å²) in [7, 11) is 1.58. The normalized spacial score (nSPS) is 11.8. The first-order valence-corrected chi connectivity index (χ1v) is 10.7. The van der Waals surface area contributed by atoms with E-state index in [9.17, 15) is 9.59 Å². The van der Waals surface area contributed by atoms with Crippen molar-refractivity contribution >= 4 is 35.2 Å². The lowest BCUT2D eigenvalue weighted by molar-refractivity contribution is -0.138. The third-order valence-electron chi connectivity index (χ3n) is 4.46. The fourth-order valence-electron chi connectivity index (χ4n) is 3.07. The van der Waals surface area contributed by atoms with Crippen LogP contribution in [0.5, 0.6) is 0 Å². The van der Waals surface area contributed by atoms with Gasteiger partial charge in [0.2, 0.25) is 11.8 Å². The SMILES string of the molecule is CNC(=O)C(C)N(Cc1ccc(Cl)cc1)C(=O)CSCc1cc(C)cc(C)c1. The number of carbonyl (C=O) groups excluding carboxylic acids is 2. The fraction of sp³-hybridized carbons (Fsp3) is 0.364. The Kier molecular flexibility index (Phi) is 8.39. The van der Waals surface area contributed by atoms with E-state index in [1.165, 1.54) is 16.7 Å². The van der Waals surface area contributed by atoms with Gasteiger partial charge in [-0.3, -0.25) is 9.59 Å². The first kappa shape index (κ1) is 22.3. The number of nitrogens with zero attached hydrogens (tertiary/aromatic N) is 1. The Hall–Kier alpha value is -1.98. The van der Waals surface area contributed by atoms with Crippen LogP contribution in [0.15, 0.2) is 42.5 Å². The zero-order chi connectivity index (χ0) is 20.7. The van der Waals surface area contributed by atoms with E-state index >= 15 is 0 Å². The molecule has 150 valence electrons. The molecule has 2 aromatic rings. The Morgan fingerprint density at radius 1 is 1.07 bits per heavy atom. The molecule has 28 heavy (non-hydrogen) atoms. The standard InChI is InChI=1S/C22H27ClN2O2S/c1-15-9-16(2)11-19(10-15)13-28-14-21(26)25(17(3)22(27)24-4)12-18-5-7-20(23)8-6-18/h5-11,17H,12-14H2,1-4H3,(H,24,27). The maximum Gasteiger partial charge on any atom is 0.242 e. The van der Waals surface area contributed by atoms with E-state index in [2.05, 4.69) is 37.4 Å². The first-order valence-electron chi connectivity index (χ1n) is 9.20. The minimum Gasteiger partial charge on any atom is -0.357 e. The molecule has 1 unspecified atom stereocenters. The number of benzene rings is 2. The highest BCUT2D eigenvalue weighted by molar-refractivity contribution is 7.99. The molecule has 0 bridgehead atoms. The zero-order valence-electron chi connectivity index (χ0n) is 16.8. The molecule has 0 radical (unpaired) electrons. The van der Waals surface area contributed by atoms with Gasteiger partial charge in [0.1, 0.15) is 6.04 Å². The maximum absolute atomic E-state index is 12.9. The predicted molar refractivity (Wildman–Crippen MR) is 118 cm³/mol. The maximum atomic E-state index is 12.9. The average molecular weight is 419 g/mol. The Balaban J connectivity index is 2.05. The van der Waals surface area contributed by atoms with Gasteiger partial charge in [0.15, 0.2) is 0 Å². The van der Waals surface area contributed by atoms with Gasteiger partial charge in [-0.15, -0.1) is 11.8 Å². The zero-order valence-corrected chi connectivity index (χ0v) is 18.4. The van der Waals surface area contributed by atoms with Crippen molar-refractivity contribution < 1.29 is 9.59 Å². The van der Waals surface area contributed by atoms with E-state index < -0.39 is 6.04 Å². The predicted octanol–water partition coefficient (Wildman–Crippen LogP) is 4.35. The quantitative estimate of drug-likeness (QED) is 0.693. The number of carbonyl (C=O) groups is 2. The van der Waals surface area contributed by atoms with Crippen LogP contribution in [0.1, 0.15) is 29.2 Å². The van der Waals surface area contributed by atoms with Gasteiger partial charge in [-0.05, 0) is 44.0 Å². The van der Waals surface area contributed by atoms with E-state index in [-0.39, 0.29) is 11.8 Å². The number of thioether (sulfide) groups is 1. The van der Waals surface area contributed by atoms with E-state index in [0.29, 0.717) is 17.3 Å². The second-order valence-corrected chi connectivity index (χ2v) is 8.35. The second kappa shape index (κ2) is 10.5. The lowest BCUT2D eigenvalue weighted by atomic mass is 10.1. The van der Waals surface area contributed by atoms with Crippen molar-refractivity contribution in [3.8, 4) is 0 Å². The summed E-state index contributed by atoms with van der Waals surface area (Å²) >= 11 is 7.51. The summed E-state index contributed by atoms with van der Waals surface area (Å²) in [6, 6.07) is 13.2. The number of hydrogen-bond acceptors (Lipinski definition) is 3. The third-order valence-corrected chi connectivity index (χ3v) is 5.70. The van der Waals surface area contributed by atoms with Crippen LogP contribution in [-0.2, 0) is 21.9 Å². The number of nitrogens with one attached hydrogen (secondary N) is 1. The van der Waals surface area contributed by atoms with Crippen LogP contribution in [-0.4, -0.2) is 35.6 Å². The number of halogens is 1. The highest BCUT2D eigenvalue weighted by Crippen LogP contribution is 2.18. The molecule has 2 rings (SSSR count). The molecule has 0 fully saturated rings. The molecule has 0 spiro atoms. The van der Waals surface area contributed by atoms with Crippen LogP contribution in [0.4, 0.5) is 0 Å². The summed E-state index contributed by atoms with van der Waals surface area (Å²) < 4.78 is 0. The van der Waals surface area contributed by atoms with Gasteiger partial charge in [0.25, 0.3) is 0 Å². The fourth-order valence-corrected chi connectivity index (χ4v) is 4.04. The summed E-state index contributed by atoms with van der Waals surface area (Å²) in [6.45, 7) is 6.27. The van der Waals surface area contributed by atoms with Gasteiger partial charge in [0, 0.05) is 24.4 Å². The molecule has 6 heteroatoms. The number of amides is 2. The van der Waals surface area contributed by atoms with Gasteiger partial charge >= 0.3 is 0 Å². The van der Waals surface area contributed by atoms with Crippen molar-refractivity contribution in [1.82, 2.24) is 10.2 Å². The molecule has 4 nitrogen and oxygen atoms in total. The summed E-state index contributed by atoms with van der Waals surface area (Å²) in [5, 5.41) is 3.27. The van der Waals surface area contributed by atoms with E-state index in [4.69, 9.17) is 11.6 Å². The van der Waals surface area contributed by atoms with Gasteiger partial charge in [-0.1, -0.05) is 53.1 Å². The van der Waals surface area contributed by atoms with Crippen LogP contribution in [0.3, 0.4) is 0 Å². The molecule has 1 N–H and O–H groups in total. The Morgan fingerprint density at radius 2 is 1.68 bits per heavy atom. The first-order chi connectivity index (χ1) is 13.3. The smallest absolute Gasteiger partial charge is 0.242 e. The molecule has 1 atom stereocenters. The summed E-state index contributed by atoms with van der Waals surface area (Å²) in [5.41, 5.74) is 4.59. The number of aryl methyl sites for hydroxylation is 2. The van der Waals surface area contributed by atoms with Gasteiger partial charge in [-0.2, -0.15) is 0 Å². The van der Waals surface area contributed by atoms with E-state index in [0.717, 1.165) is 11.3 Å². The van der Waals surface area contributed by atoms with Crippen LogP contribution < -0.4 is 5.32 Å². The molecule has 0 aliphatic heterocycles. The van der Waals surface area contributed by atoms with E-state index in [1.54, 1.807) is 42.8 Å². The van der Waals surface area contributed by atoms with Crippen LogP contribution in [0, 0.1) is 13.8 Å². The third kappa shape index (κ3) is 6.57. The van der Waals surface area contributed by atoms with Crippen molar-refractivity contribution in [3.05, 3.63) is 69.7 Å². The topological polar surface area (TPSA) is 49.4 Å². The Bertz CT molecular complexity index is 804. The lowest BCUT2D eigenvalue weighted by Gasteiger charge is -2.28. The van der Waals surface area contributed by atoms with Gasteiger partial charge in [0.05, 0.1) is 5.75 Å². The van der Waals surface area contributed by atoms with Crippen LogP contribution >= 0.6 is 23.4 Å². The second-order valence-electron chi connectivity index (χ2n) is 6.93. The molecule has 2 aromatic carbocycles. The lowest BCUT2D eigenvalue weighted by Crippen LogP contribution is -2.47. The Morgan fingerprint density at radius 3 is 2.25 bits per heavy atom. The van der Waals surface area contributed by atoms with Gasteiger partial charge < -0.3 is 10.2 Å². The minimum atomic E-state index is -0.546. The largest absolute Gasteiger partial charge is 0.357 e. The van der Waals surface area contributed by atoms with Crippen molar-refractivity contribution in [2.45, 2.75) is 39.1 Å². The molecule has 0 aliphatic rings. The van der Waals surface area contributed by atoms with Crippen molar-refractivity contribution in [2.24, 2.45) is 0 Å². The van der Waals surface area contributed by atoms with Crippen LogP contribution in [0.2, 0.25) is 5.02 Å². The number of rotatable bonds is 8. The van der Waals surface area contributed by atoms with Crippen LogP contribution in [0.25, 0.3) is 0 Å². The average Bonchev–Trinajstić information content (AvgIpc) is 2.65. The van der Waals surface area contributed by atoms with Crippen molar-refractivity contribution in [3.63, 3.8) is 0 Å². The monoisotopic (exact) mass is 418 g/mol. The molecule has 0 aliphatic carbocycles. The Labute approximate surface area is 176 Å². The highest BCUT2D eigenvalue weighted by atomic mass is 35.5. The minimum absolute atomic E-state index is 0.0552. The summed E-state index contributed by atoms with van der Waals surface area (Å²) in [6.07, 6.45) is 0. The molecular formula is C22H27ClN2O2S.